The minimum Gasteiger partial charge on any atom is -0.465 e. The molecule has 9 heteroatoms. The van der Waals surface area contributed by atoms with Gasteiger partial charge in [0.1, 0.15) is 15.3 Å². The molecule has 1 aromatic carbocycles. The fraction of sp³-hybridized carbons (Fsp3) is 0.333. The molecule has 5 nitrogen and oxygen atoms in total. The minimum atomic E-state index is -0.336. The first-order valence-electron chi connectivity index (χ1n) is 9.56. The summed E-state index contributed by atoms with van der Waals surface area (Å²) in [6, 6.07) is 9.72. The Morgan fingerprint density at radius 1 is 1.37 bits per heavy atom. The number of aromatic nitrogens is 1. The van der Waals surface area contributed by atoms with Crippen LogP contribution in [-0.2, 0) is 16.0 Å². The third-order valence-corrected chi connectivity index (χ3v) is 8.48. The summed E-state index contributed by atoms with van der Waals surface area (Å²) in [5.41, 5.74) is 3.44. The van der Waals surface area contributed by atoms with E-state index in [0.29, 0.717) is 33.6 Å². The van der Waals surface area contributed by atoms with Crippen molar-refractivity contribution in [2.24, 2.45) is 0 Å². The molecule has 158 valence electrons. The number of amides is 1. The Bertz CT molecular complexity index is 1110. The van der Waals surface area contributed by atoms with Crippen molar-refractivity contribution in [1.82, 2.24) is 10.3 Å². The molecule has 4 rings (SSSR count). The Morgan fingerprint density at radius 2 is 2.13 bits per heavy atom. The zero-order valence-electron chi connectivity index (χ0n) is 16.3. The molecular formula is C21H20Cl2N2O3S2. The van der Waals surface area contributed by atoms with Crippen molar-refractivity contribution in [3.05, 3.63) is 56.5 Å². The van der Waals surface area contributed by atoms with E-state index in [0.717, 1.165) is 10.3 Å². The number of thioether (sulfide) groups is 1. The van der Waals surface area contributed by atoms with Gasteiger partial charge < -0.3 is 15.0 Å². The fourth-order valence-electron chi connectivity index (χ4n) is 3.68. The summed E-state index contributed by atoms with van der Waals surface area (Å²) in [5.74, 6) is -0.453. The maximum atomic E-state index is 13.0. The molecule has 1 amide bonds. The van der Waals surface area contributed by atoms with E-state index >= 15 is 0 Å². The second-order valence-electron chi connectivity index (χ2n) is 7.05. The Hall–Kier alpha value is -1.67. The van der Waals surface area contributed by atoms with Gasteiger partial charge >= 0.3 is 5.97 Å². The number of nitrogens with one attached hydrogen (secondary N) is 2. The summed E-state index contributed by atoms with van der Waals surface area (Å²) in [6.45, 7) is 3.98. The van der Waals surface area contributed by atoms with Gasteiger partial charge in [0.05, 0.1) is 27.1 Å². The SMILES string of the molecule is CCOC(=O)C(C)S[C@@H]1c2ccccc2C[C@H]1NC(=O)c1cc2sc(Cl)c(Cl)c2[nH]1. The van der Waals surface area contributed by atoms with E-state index in [-0.39, 0.29) is 28.4 Å². The summed E-state index contributed by atoms with van der Waals surface area (Å²) < 4.78 is 6.50. The van der Waals surface area contributed by atoms with Crippen LogP contribution in [0.15, 0.2) is 30.3 Å². The first-order chi connectivity index (χ1) is 14.4. The lowest BCUT2D eigenvalue weighted by Gasteiger charge is -2.23. The Morgan fingerprint density at radius 3 is 2.87 bits per heavy atom. The van der Waals surface area contributed by atoms with Crippen molar-refractivity contribution in [3.63, 3.8) is 0 Å². The van der Waals surface area contributed by atoms with Gasteiger partial charge in [-0.3, -0.25) is 9.59 Å². The number of aromatic amines is 1. The van der Waals surface area contributed by atoms with Gasteiger partial charge in [-0.25, -0.2) is 0 Å². The normalized spacial score (nSPS) is 18.9. The molecule has 0 saturated heterocycles. The van der Waals surface area contributed by atoms with Crippen LogP contribution in [0.1, 0.15) is 40.7 Å². The molecule has 30 heavy (non-hydrogen) atoms. The molecule has 0 radical (unpaired) electrons. The van der Waals surface area contributed by atoms with Crippen molar-refractivity contribution >= 4 is 68.4 Å². The Labute approximate surface area is 192 Å². The molecule has 1 unspecified atom stereocenters. The molecule has 3 atom stereocenters. The van der Waals surface area contributed by atoms with Crippen LogP contribution in [0.3, 0.4) is 0 Å². The van der Waals surface area contributed by atoms with Crippen LogP contribution in [0, 0.1) is 0 Å². The van der Waals surface area contributed by atoms with Crippen LogP contribution in [-0.4, -0.2) is 34.8 Å². The predicted octanol–water partition coefficient (Wildman–Crippen LogP) is 5.62. The van der Waals surface area contributed by atoms with Crippen LogP contribution in [0.2, 0.25) is 9.36 Å². The van der Waals surface area contributed by atoms with Gasteiger partial charge in [-0.15, -0.1) is 23.1 Å². The highest BCUT2D eigenvalue weighted by molar-refractivity contribution is 8.00. The van der Waals surface area contributed by atoms with Crippen LogP contribution in [0.25, 0.3) is 10.2 Å². The Kier molecular flexibility index (Phi) is 6.34. The van der Waals surface area contributed by atoms with Crippen LogP contribution < -0.4 is 5.32 Å². The molecule has 2 aromatic heterocycles. The quantitative estimate of drug-likeness (QED) is 0.447. The third-order valence-electron chi connectivity index (χ3n) is 5.07. The van der Waals surface area contributed by atoms with E-state index < -0.39 is 0 Å². The van der Waals surface area contributed by atoms with Gasteiger partial charge in [-0.2, -0.15) is 0 Å². The lowest BCUT2D eigenvalue weighted by atomic mass is 10.1. The largest absolute Gasteiger partial charge is 0.465 e. The third kappa shape index (κ3) is 4.08. The van der Waals surface area contributed by atoms with E-state index in [2.05, 4.69) is 22.4 Å². The number of carbonyl (C=O) groups is 2. The second-order valence-corrected chi connectivity index (χ2v) is 10.6. The standard InChI is InChI=1S/C21H20Cl2N2O3S2/c1-3-28-21(27)10(2)29-18-12-7-5-4-6-11(12)8-13(18)25-20(26)14-9-15-17(24-14)16(22)19(23)30-15/h4-7,9-10,13,18,24H,3,8H2,1-2H3,(H,25,26)/t10?,13-,18-/m1/s1. The van der Waals surface area contributed by atoms with Crippen molar-refractivity contribution in [2.45, 2.75) is 36.8 Å². The van der Waals surface area contributed by atoms with E-state index in [1.54, 1.807) is 13.0 Å². The fourth-order valence-corrected chi connectivity index (χ4v) is 6.51. The average Bonchev–Trinajstić information content (AvgIpc) is 3.36. The number of rotatable bonds is 6. The summed E-state index contributed by atoms with van der Waals surface area (Å²) in [6.07, 6.45) is 0.705. The smallest absolute Gasteiger partial charge is 0.318 e. The van der Waals surface area contributed by atoms with Crippen molar-refractivity contribution in [2.75, 3.05) is 6.61 Å². The van der Waals surface area contributed by atoms with E-state index in [1.165, 1.54) is 28.7 Å². The summed E-state index contributed by atoms with van der Waals surface area (Å²) in [4.78, 5) is 28.2. The van der Waals surface area contributed by atoms with Crippen LogP contribution >= 0.6 is 46.3 Å². The van der Waals surface area contributed by atoms with Gasteiger partial charge in [0.15, 0.2) is 0 Å². The zero-order chi connectivity index (χ0) is 21.4. The topological polar surface area (TPSA) is 71.2 Å². The van der Waals surface area contributed by atoms with E-state index in [4.69, 9.17) is 27.9 Å². The molecule has 0 bridgehead atoms. The zero-order valence-corrected chi connectivity index (χ0v) is 19.5. The van der Waals surface area contributed by atoms with Gasteiger partial charge in [0.25, 0.3) is 5.91 Å². The number of hydrogen-bond donors (Lipinski definition) is 2. The van der Waals surface area contributed by atoms with Crippen molar-refractivity contribution < 1.29 is 14.3 Å². The maximum absolute atomic E-state index is 13.0. The number of ether oxygens (including phenoxy) is 1. The molecule has 1 aliphatic carbocycles. The van der Waals surface area contributed by atoms with Crippen molar-refractivity contribution in [3.8, 4) is 0 Å². The molecule has 0 saturated carbocycles. The molecule has 0 spiro atoms. The lowest BCUT2D eigenvalue weighted by molar-refractivity contribution is -0.142. The maximum Gasteiger partial charge on any atom is 0.318 e. The number of H-pyrrole nitrogens is 1. The number of carbonyl (C=O) groups excluding carboxylic acids is 2. The molecule has 0 aliphatic heterocycles. The number of hydrogen-bond acceptors (Lipinski definition) is 5. The monoisotopic (exact) mass is 482 g/mol. The lowest BCUT2D eigenvalue weighted by Crippen LogP contribution is -2.38. The average molecular weight is 483 g/mol. The summed E-state index contributed by atoms with van der Waals surface area (Å²) in [7, 11) is 0. The molecule has 2 heterocycles. The summed E-state index contributed by atoms with van der Waals surface area (Å²) >= 11 is 15.1. The van der Waals surface area contributed by atoms with Gasteiger partial charge in [-0.1, -0.05) is 47.5 Å². The first-order valence-corrected chi connectivity index (χ1v) is 12.1. The van der Waals surface area contributed by atoms with Gasteiger partial charge in [0, 0.05) is 6.04 Å². The van der Waals surface area contributed by atoms with Gasteiger partial charge in [0.2, 0.25) is 0 Å². The Balaban J connectivity index is 1.55. The molecular weight excluding hydrogens is 463 g/mol. The van der Waals surface area contributed by atoms with Crippen molar-refractivity contribution in [1.29, 1.82) is 0 Å². The number of benzene rings is 1. The molecule has 1 aliphatic rings. The molecule has 0 fully saturated rings. The first kappa shape index (κ1) is 21.6. The number of fused-ring (bicyclic) bond motifs is 2. The summed E-state index contributed by atoms with van der Waals surface area (Å²) in [5, 5.41) is 3.19. The number of esters is 1. The van der Waals surface area contributed by atoms with E-state index in [9.17, 15) is 9.59 Å². The molecule has 3 aromatic rings. The molecule has 2 N–H and O–H groups in total. The van der Waals surface area contributed by atoms with Crippen LogP contribution in [0.4, 0.5) is 0 Å². The van der Waals surface area contributed by atoms with E-state index in [1.807, 2.05) is 19.1 Å². The number of thiophene rings is 1. The highest BCUT2D eigenvalue weighted by Crippen LogP contribution is 2.44. The number of halogens is 2. The van der Waals surface area contributed by atoms with Crippen LogP contribution in [0.5, 0.6) is 0 Å². The minimum absolute atomic E-state index is 0.0429. The van der Waals surface area contributed by atoms with Gasteiger partial charge in [-0.05, 0) is 37.5 Å². The highest BCUT2D eigenvalue weighted by Gasteiger charge is 2.36. The second kappa shape index (κ2) is 8.83. The predicted molar refractivity (Wildman–Crippen MR) is 124 cm³/mol. The highest BCUT2D eigenvalue weighted by atomic mass is 35.5.